The van der Waals surface area contributed by atoms with Crippen LogP contribution in [0.2, 0.25) is 0 Å². The summed E-state index contributed by atoms with van der Waals surface area (Å²) >= 11 is 0. The number of hydrogen-bond acceptors (Lipinski definition) is 4. The van der Waals surface area contributed by atoms with Crippen molar-refractivity contribution in [2.75, 3.05) is 10.6 Å². The molecule has 1 aliphatic rings. The Morgan fingerprint density at radius 1 is 1.03 bits per heavy atom. The van der Waals surface area contributed by atoms with E-state index in [-0.39, 0.29) is 29.5 Å². The van der Waals surface area contributed by atoms with Gasteiger partial charge in [-0.15, -0.1) is 0 Å². The van der Waals surface area contributed by atoms with Gasteiger partial charge in [-0.3, -0.25) is 14.0 Å². The van der Waals surface area contributed by atoms with E-state index in [9.17, 15) is 22.8 Å². The van der Waals surface area contributed by atoms with Gasteiger partial charge in [0.05, 0.1) is 0 Å². The van der Waals surface area contributed by atoms with Gasteiger partial charge >= 0.3 is 6.18 Å². The fourth-order valence-electron chi connectivity index (χ4n) is 4.07. The molecule has 0 aliphatic heterocycles. The minimum atomic E-state index is -4.50. The van der Waals surface area contributed by atoms with Crippen LogP contribution in [0.5, 0.6) is 0 Å². The topological polar surface area (TPSA) is 87.5 Å². The zero-order valence-corrected chi connectivity index (χ0v) is 17.9. The molecule has 0 saturated heterocycles. The summed E-state index contributed by atoms with van der Waals surface area (Å²) in [6.45, 7) is 1.40. The second kappa shape index (κ2) is 9.13. The normalized spacial score (nSPS) is 18.7. The van der Waals surface area contributed by atoms with Crippen LogP contribution in [0.15, 0.2) is 48.7 Å². The summed E-state index contributed by atoms with van der Waals surface area (Å²) in [6.07, 6.45) is -0.507. The molecule has 0 bridgehead atoms. The van der Waals surface area contributed by atoms with E-state index in [0.717, 1.165) is 31.9 Å². The largest absolute Gasteiger partial charge is 0.434 e. The molecule has 2 amide bonds. The molecule has 1 fully saturated rings. The molecule has 2 aromatic heterocycles. The number of hydrogen-bond donors (Lipinski definition) is 3. The smallest absolute Gasteiger partial charge is 0.368 e. The van der Waals surface area contributed by atoms with Crippen molar-refractivity contribution in [3.05, 3.63) is 59.9 Å². The van der Waals surface area contributed by atoms with Crippen LogP contribution in [0.1, 0.15) is 48.7 Å². The Balaban J connectivity index is 1.35. The van der Waals surface area contributed by atoms with Crippen LogP contribution < -0.4 is 16.0 Å². The summed E-state index contributed by atoms with van der Waals surface area (Å²) < 4.78 is 40.5. The fourth-order valence-corrected chi connectivity index (χ4v) is 4.07. The molecule has 33 heavy (non-hydrogen) atoms. The monoisotopic (exact) mass is 459 g/mol. The first-order valence-corrected chi connectivity index (χ1v) is 10.7. The summed E-state index contributed by atoms with van der Waals surface area (Å²) in [7, 11) is 0. The number of pyridine rings is 1. The number of imidazole rings is 1. The van der Waals surface area contributed by atoms with Gasteiger partial charge in [0.1, 0.15) is 11.5 Å². The lowest BCUT2D eigenvalue weighted by Gasteiger charge is -2.30. The Morgan fingerprint density at radius 3 is 2.42 bits per heavy atom. The Kier molecular flexibility index (Phi) is 6.26. The fraction of sp³-hybridized carbons (Fsp3) is 0.348. The van der Waals surface area contributed by atoms with E-state index in [4.69, 9.17) is 0 Å². The molecule has 7 nitrogen and oxygen atoms in total. The van der Waals surface area contributed by atoms with Crippen LogP contribution in [-0.4, -0.2) is 33.3 Å². The van der Waals surface area contributed by atoms with Crippen molar-refractivity contribution in [1.29, 1.82) is 0 Å². The first-order chi connectivity index (χ1) is 15.7. The SMILES string of the molecule is CC(=O)Nc1cccc(C(=O)N[C@H]2CC[C@@H](Nc3cccc4nc(C(F)(F)F)cn34)CC2)c1. The van der Waals surface area contributed by atoms with E-state index >= 15 is 0 Å². The molecule has 174 valence electrons. The molecule has 3 aromatic rings. The number of carbonyl (C=O) groups is 2. The molecular formula is C23H24F3N5O2. The van der Waals surface area contributed by atoms with Crippen molar-refractivity contribution in [2.45, 2.75) is 50.9 Å². The van der Waals surface area contributed by atoms with Crippen LogP contribution in [-0.2, 0) is 11.0 Å². The van der Waals surface area contributed by atoms with Crippen LogP contribution in [0, 0.1) is 0 Å². The van der Waals surface area contributed by atoms with E-state index in [1.54, 1.807) is 36.4 Å². The third-order valence-corrected chi connectivity index (χ3v) is 5.64. The third kappa shape index (κ3) is 5.44. The summed E-state index contributed by atoms with van der Waals surface area (Å²) in [5.74, 6) is 0.138. The lowest BCUT2D eigenvalue weighted by atomic mass is 9.91. The minimum absolute atomic E-state index is 0.000779. The van der Waals surface area contributed by atoms with Gasteiger partial charge in [-0.2, -0.15) is 13.2 Å². The highest BCUT2D eigenvalue weighted by Crippen LogP contribution is 2.30. The van der Waals surface area contributed by atoms with Gasteiger partial charge in [-0.25, -0.2) is 4.98 Å². The van der Waals surface area contributed by atoms with Gasteiger partial charge < -0.3 is 16.0 Å². The molecule has 1 aromatic carbocycles. The molecule has 1 saturated carbocycles. The summed E-state index contributed by atoms with van der Waals surface area (Å²) in [5.41, 5.74) is 0.333. The standard InChI is InChI=1S/C23H24F3N5O2/c1-14(32)27-18-5-2-4-15(12-18)22(33)29-17-10-8-16(9-11-17)28-20-6-3-7-21-30-19(13-31(20)21)23(24,25)26/h2-7,12-13,16-17,28H,8-11H2,1H3,(H,27,32)(H,29,33)/t16-,17+. The highest BCUT2D eigenvalue weighted by Gasteiger charge is 2.34. The molecule has 10 heteroatoms. The third-order valence-electron chi connectivity index (χ3n) is 5.64. The molecule has 0 radical (unpaired) electrons. The Labute approximate surface area is 188 Å². The number of benzene rings is 1. The van der Waals surface area contributed by atoms with Crippen LogP contribution in [0.4, 0.5) is 24.7 Å². The van der Waals surface area contributed by atoms with E-state index in [2.05, 4.69) is 20.9 Å². The lowest BCUT2D eigenvalue weighted by molar-refractivity contribution is -0.140. The Hall–Kier alpha value is -3.56. The Morgan fingerprint density at radius 2 is 1.73 bits per heavy atom. The van der Waals surface area contributed by atoms with Gasteiger partial charge in [-0.05, 0) is 56.0 Å². The van der Waals surface area contributed by atoms with Crippen molar-refractivity contribution in [1.82, 2.24) is 14.7 Å². The maximum atomic E-state index is 13.0. The second-order valence-corrected chi connectivity index (χ2v) is 8.19. The number of carbonyl (C=O) groups excluding carboxylic acids is 2. The van der Waals surface area contributed by atoms with E-state index < -0.39 is 11.9 Å². The number of alkyl halides is 3. The van der Waals surface area contributed by atoms with Crippen molar-refractivity contribution < 1.29 is 22.8 Å². The summed E-state index contributed by atoms with van der Waals surface area (Å²) in [6, 6.07) is 11.8. The van der Waals surface area contributed by atoms with E-state index in [1.807, 2.05) is 0 Å². The van der Waals surface area contributed by atoms with E-state index in [0.29, 0.717) is 17.1 Å². The number of fused-ring (bicyclic) bond motifs is 1. The van der Waals surface area contributed by atoms with Gasteiger partial charge in [0.2, 0.25) is 5.91 Å². The molecule has 0 spiro atoms. The zero-order chi connectivity index (χ0) is 23.6. The molecule has 0 unspecified atom stereocenters. The second-order valence-electron chi connectivity index (χ2n) is 8.19. The van der Waals surface area contributed by atoms with Gasteiger partial charge in [0, 0.05) is 36.5 Å². The molecule has 0 atom stereocenters. The summed E-state index contributed by atoms with van der Waals surface area (Å²) in [5, 5.41) is 9.01. The molecular weight excluding hydrogens is 435 g/mol. The van der Waals surface area contributed by atoms with Gasteiger partial charge in [-0.1, -0.05) is 12.1 Å². The highest BCUT2D eigenvalue weighted by atomic mass is 19.4. The van der Waals surface area contributed by atoms with Crippen molar-refractivity contribution in [3.63, 3.8) is 0 Å². The first kappa shape index (κ1) is 22.6. The average Bonchev–Trinajstić information content (AvgIpc) is 3.21. The van der Waals surface area contributed by atoms with Crippen molar-refractivity contribution >= 4 is 29.0 Å². The van der Waals surface area contributed by atoms with Crippen LogP contribution >= 0.6 is 0 Å². The Bertz CT molecular complexity index is 1170. The van der Waals surface area contributed by atoms with Crippen molar-refractivity contribution in [2.24, 2.45) is 0 Å². The number of anilines is 2. The highest BCUT2D eigenvalue weighted by molar-refractivity contribution is 5.96. The molecule has 3 N–H and O–H groups in total. The number of amides is 2. The van der Waals surface area contributed by atoms with Gasteiger partial charge in [0.25, 0.3) is 5.91 Å². The predicted molar refractivity (Wildman–Crippen MR) is 118 cm³/mol. The number of halogens is 3. The lowest BCUT2D eigenvalue weighted by Crippen LogP contribution is -2.40. The van der Waals surface area contributed by atoms with Gasteiger partial charge in [0.15, 0.2) is 5.69 Å². The van der Waals surface area contributed by atoms with E-state index in [1.165, 1.54) is 17.4 Å². The number of nitrogens with zero attached hydrogens (tertiary/aromatic N) is 2. The molecule has 4 rings (SSSR count). The number of nitrogens with one attached hydrogen (secondary N) is 3. The maximum absolute atomic E-state index is 13.0. The average molecular weight is 459 g/mol. The molecule has 2 heterocycles. The van der Waals surface area contributed by atoms with Crippen LogP contribution in [0.25, 0.3) is 5.65 Å². The zero-order valence-electron chi connectivity index (χ0n) is 17.9. The molecule has 1 aliphatic carbocycles. The summed E-state index contributed by atoms with van der Waals surface area (Å²) in [4.78, 5) is 27.5. The van der Waals surface area contributed by atoms with Crippen molar-refractivity contribution in [3.8, 4) is 0 Å². The predicted octanol–water partition coefficient (Wildman–Crippen LogP) is 4.46. The first-order valence-electron chi connectivity index (χ1n) is 10.7. The van der Waals surface area contributed by atoms with Crippen LogP contribution in [0.3, 0.4) is 0 Å². The minimum Gasteiger partial charge on any atom is -0.368 e. The number of rotatable bonds is 5. The quantitative estimate of drug-likeness (QED) is 0.526. The number of aromatic nitrogens is 2. The maximum Gasteiger partial charge on any atom is 0.434 e.